The highest BCUT2D eigenvalue weighted by atomic mass is 79.9. The lowest BCUT2D eigenvalue weighted by Crippen LogP contribution is -2.32. The number of nitrogens with one attached hydrogen (secondary N) is 1. The van der Waals surface area contributed by atoms with E-state index in [1.807, 2.05) is 12.1 Å². The van der Waals surface area contributed by atoms with Crippen LogP contribution in [0.4, 0.5) is 0 Å². The quantitative estimate of drug-likeness (QED) is 0.869. The van der Waals surface area contributed by atoms with E-state index in [1.165, 1.54) is 4.88 Å². The SMILES string of the molecule is COc1ccc(Br)c(C(=O)NCC2(c3cccs3)CC2)c1. The molecule has 2 aromatic rings. The molecule has 0 radical (unpaired) electrons. The second-order valence-electron chi connectivity index (χ2n) is 5.29. The van der Waals surface area contributed by atoms with Gasteiger partial charge >= 0.3 is 0 Å². The second kappa shape index (κ2) is 5.81. The maximum Gasteiger partial charge on any atom is 0.252 e. The first-order valence-electron chi connectivity index (χ1n) is 6.80. The van der Waals surface area contributed by atoms with Gasteiger partial charge < -0.3 is 10.1 Å². The Labute approximate surface area is 136 Å². The van der Waals surface area contributed by atoms with E-state index in [2.05, 4.69) is 38.8 Å². The van der Waals surface area contributed by atoms with Crippen LogP contribution in [-0.2, 0) is 5.41 Å². The molecule has 1 aliphatic carbocycles. The fraction of sp³-hybridized carbons (Fsp3) is 0.312. The van der Waals surface area contributed by atoms with Crippen LogP contribution in [0.3, 0.4) is 0 Å². The van der Waals surface area contributed by atoms with E-state index in [-0.39, 0.29) is 11.3 Å². The summed E-state index contributed by atoms with van der Waals surface area (Å²) in [5.41, 5.74) is 0.770. The molecular formula is C16H16BrNO2S. The second-order valence-corrected chi connectivity index (χ2v) is 7.09. The summed E-state index contributed by atoms with van der Waals surface area (Å²) in [4.78, 5) is 13.8. The van der Waals surface area contributed by atoms with Gasteiger partial charge in [0.15, 0.2) is 0 Å². The molecule has 0 aliphatic heterocycles. The standard InChI is InChI=1S/C16H16BrNO2S/c1-20-11-4-5-13(17)12(9-11)15(19)18-10-16(6-7-16)14-3-2-8-21-14/h2-5,8-9H,6-7,10H2,1H3,(H,18,19). The van der Waals surface area contributed by atoms with E-state index in [0.29, 0.717) is 17.9 Å². The summed E-state index contributed by atoms with van der Waals surface area (Å²) < 4.78 is 5.96. The Hall–Kier alpha value is -1.33. The summed E-state index contributed by atoms with van der Waals surface area (Å²) in [6.07, 6.45) is 2.29. The smallest absolute Gasteiger partial charge is 0.252 e. The number of thiophene rings is 1. The number of carbonyl (C=O) groups is 1. The van der Waals surface area contributed by atoms with Gasteiger partial charge in [-0.05, 0) is 58.4 Å². The van der Waals surface area contributed by atoms with Crippen molar-refractivity contribution in [2.75, 3.05) is 13.7 Å². The van der Waals surface area contributed by atoms with Gasteiger partial charge in [0.1, 0.15) is 5.75 Å². The first-order chi connectivity index (χ1) is 10.1. The molecule has 1 aromatic carbocycles. The van der Waals surface area contributed by atoms with Gasteiger partial charge in [0.2, 0.25) is 0 Å². The lowest BCUT2D eigenvalue weighted by molar-refractivity contribution is 0.0948. The third kappa shape index (κ3) is 2.99. The largest absolute Gasteiger partial charge is 0.497 e. The number of methoxy groups -OCH3 is 1. The third-order valence-corrected chi connectivity index (χ3v) is 5.71. The van der Waals surface area contributed by atoms with E-state index in [9.17, 15) is 4.79 Å². The van der Waals surface area contributed by atoms with Gasteiger partial charge in [-0.25, -0.2) is 0 Å². The lowest BCUT2D eigenvalue weighted by atomic mass is 10.1. The van der Waals surface area contributed by atoms with Crippen molar-refractivity contribution in [3.05, 3.63) is 50.6 Å². The Morgan fingerprint density at radius 2 is 2.24 bits per heavy atom. The molecule has 5 heteroatoms. The summed E-state index contributed by atoms with van der Waals surface area (Å²) in [5, 5.41) is 5.16. The molecule has 0 unspecified atom stereocenters. The number of hydrogen-bond donors (Lipinski definition) is 1. The van der Waals surface area contributed by atoms with Crippen molar-refractivity contribution < 1.29 is 9.53 Å². The van der Waals surface area contributed by atoms with Crippen molar-refractivity contribution in [2.24, 2.45) is 0 Å². The van der Waals surface area contributed by atoms with Crippen LogP contribution in [0, 0.1) is 0 Å². The van der Waals surface area contributed by atoms with Crippen LogP contribution in [0.25, 0.3) is 0 Å². The van der Waals surface area contributed by atoms with Gasteiger partial charge in [0, 0.05) is 21.3 Å². The monoisotopic (exact) mass is 365 g/mol. The number of carbonyl (C=O) groups excluding carboxylic acids is 1. The molecule has 1 aliphatic rings. The summed E-state index contributed by atoms with van der Waals surface area (Å²) in [6.45, 7) is 0.690. The third-order valence-electron chi connectivity index (χ3n) is 3.90. The van der Waals surface area contributed by atoms with E-state index < -0.39 is 0 Å². The average Bonchev–Trinajstić information content (AvgIpc) is 3.08. The number of amides is 1. The van der Waals surface area contributed by atoms with E-state index in [4.69, 9.17) is 4.74 Å². The maximum absolute atomic E-state index is 12.4. The van der Waals surface area contributed by atoms with Crippen molar-refractivity contribution in [3.8, 4) is 5.75 Å². The van der Waals surface area contributed by atoms with Crippen LogP contribution < -0.4 is 10.1 Å². The molecule has 0 spiro atoms. The summed E-state index contributed by atoms with van der Waals surface area (Å²) in [6, 6.07) is 9.64. The zero-order valence-corrected chi connectivity index (χ0v) is 14.1. The van der Waals surface area contributed by atoms with E-state index in [1.54, 1.807) is 24.5 Å². The Balaban J connectivity index is 1.70. The minimum Gasteiger partial charge on any atom is -0.497 e. The van der Waals surface area contributed by atoms with E-state index >= 15 is 0 Å². The summed E-state index contributed by atoms with van der Waals surface area (Å²) in [5.74, 6) is 0.617. The number of benzene rings is 1. The summed E-state index contributed by atoms with van der Waals surface area (Å²) in [7, 11) is 1.60. The molecule has 0 atom stereocenters. The van der Waals surface area contributed by atoms with Crippen LogP contribution >= 0.6 is 27.3 Å². The Bertz CT molecular complexity index is 650. The molecule has 1 fully saturated rings. The minimum atomic E-state index is -0.0661. The molecule has 3 nitrogen and oxygen atoms in total. The Kier molecular flexibility index (Phi) is 4.04. The van der Waals surface area contributed by atoms with Crippen molar-refractivity contribution in [1.29, 1.82) is 0 Å². The van der Waals surface area contributed by atoms with Crippen molar-refractivity contribution >= 4 is 33.2 Å². The van der Waals surface area contributed by atoms with Gasteiger partial charge in [-0.1, -0.05) is 6.07 Å². The van der Waals surface area contributed by atoms with Crippen molar-refractivity contribution in [2.45, 2.75) is 18.3 Å². The summed E-state index contributed by atoms with van der Waals surface area (Å²) >= 11 is 5.19. The molecule has 0 bridgehead atoms. The van der Waals surface area contributed by atoms with Gasteiger partial charge in [0.25, 0.3) is 5.91 Å². The molecule has 3 rings (SSSR count). The number of halogens is 1. The fourth-order valence-electron chi connectivity index (χ4n) is 2.39. The van der Waals surface area contributed by atoms with Crippen LogP contribution in [0.1, 0.15) is 28.1 Å². The zero-order valence-electron chi connectivity index (χ0n) is 11.7. The first kappa shape index (κ1) is 14.6. The van der Waals surface area contributed by atoms with Crippen LogP contribution in [0.5, 0.6) is 5.75 Å². The fourth-order valence-corrected chi connectivity index (χ4v) is 3.81. The molecule has 1 N–H and O–H groups in total. The molecular weight excluding hydrogens is 350 g/mol. The molecule has 110 valence electrons. The molecule has 1 heterocycles. The van der Waals surface area contributed by atoms with Gasteiger partial charge in [-0.2, -0.15) is 0 Å². The first-order valence-corrected chi connectivity index (χ1v) is 8.48. The van der Waals surface area contributed by atoms with Crippen molar-refractivity contribution in [1.82, 2.24) is 5.32 Å². The van der Waals surface area contributed by atoms with Crippen LogP contribution in [0.2, 0.25) is 0 Å². The highest BCUT2D eigenvalue weighted by molar-refractivity contribution is 9.10. The Morgan fingerprint density at radius 3 is 2.86 bits per heavy atom. The van der Waals surface area contributed by atoms with Crippen LogP contribution in [-0.4, -0.2) is 19.6 Å². The molecule has 21 heavy (non-hydrogen) atoms. The van der Waals surface area contributed by atoms with Gasteiger partial charge in [0.05, 0.1) is 12.7 Å². The van der Waals surface area contributed by atoms with E-state index in [0.717, 1.165) is 17.3 Å². The molecule has 1 amide bonds. The maximum atomic E-state index is 12.4. The highest BCUT2D eigenvalue weighted by Gasteiger charge is 2.45. The molecule has 1 saturated carbocycles. The molecule has 0 saturated heterocycles. The van der Waals surface area contributed by atoms with Crippen molar-refractivity contribution in [3.63, 3.8) is 0 Å². The number of hydrogen-bond acceptors (Lipinski definition) is 3. The number of ether oxygens (including phenoxy) is 1. The number of rotatable bonds is 5. The van der Waals surface area contributed by atoms with Gasteiger partial charge in [-0.3, -0.25) is 4.79 Å². The highest BCUT2D eigenvalue weighted by Crippen LogP contribution is 2.49. The Morgan fingerprint density at radius 1 is 1.43 bits per heavy atom. The normalized spacial score (nSPS) is 15.5. The topological polar surface area (TPSA) is 38.3 Å². The average molecular weight is 366 g/mol. The lowest BCUT2D eigenvalue weighted by Gasteiger charge is -2.15. The van der Waals surface area contributed by atoms with Crippen LogP contribution in [0.15, 0.2) is 40.2 Å². The predicted molar refractivity (Wildman–Crippen MR) is 88.3 cm³/mol. The van der Waals surface area contributed by atoms with Gasteiger partial charge in [-0.15, -0.1) is 11.3 Å². The minimum absolute atomic E-state index is 0.0661. The predicted octanol–water partition coefficient (Wildman–Crippen LogP) is 3.98. The molecule has 1 aromatic heterocycles. The zero-order chi connectivity index (χ0) is 14.9.